The number of hydrogen-bond donors (Lipinski definition) is 2. The van der Waals surface area contributed by atoms with Crippen LogP contribution in [0.1, 0.15) is 54.3 Å². The molecule has 1 amide bonds. The number of carboxylic acids is 1. The predicted molar refractivity (Wildman–Crippen MR) is 129 cm³/mol. The second-order valence-electron chi connectivity index (χ2n) is 8.19. The van der Waals surface area contributed by atoms with E-state index in [9.17, 15) is 23.1 Å². The molecule has 0 fully saturated rings. The van der Waals surface area contributed by atoms with Crippen LogP contribution in [0.4, 0.5) is 0 Å². The Kier molecular flexibility index (Phi) is 7.19. The molecule has 0 saturated heterocycles. The van der Waals surface area contributed by atoms with Crippen LogP contribution in [0.5, 0.6) is 0 Å². The van der Waals surface area contributed by atoms with E-state index in [0.717, 1.165) is 16.5 Å². The number of benzene rings is 2. The molecule has 2 aromatic carbocycles. The quantitative estimate of drug-likeness (QED) is 0.477. The van der Waals surface area contributed by atoms with Gasteiger partial charge >= 0.3 is 5.97 Å². The van der Waals surface area contributed by atoms with E-state index in [2.05, 4.69) is 5.32 Å². The molecule has 176 valence electrons. The summed E-state index contributed by atoms with van der Waals surface area (Å²) in [6.07, 6.45) is 0.483. The topological polar surface area (TPSA) is 105 Å². The van der Waals surface area contributed by atoms with E-state index in [1.807, 2.05) is 19.1 Å². The highest BCUT2D eigenvalue weighted by Crippen LogP contribution is 2.28. The number of aromatic nitrogens is 1. The molecule has 0 aliphatic carbocycles. The minimum atomic E-state index is -4.00. The second kappa shape index (κ2) is 9.57. The Morgan fingerprint density at radius 2 is 1.79 bits per heavy atom. The SMILES string of the molecule is CCCC(C(=O)O)S(=O)(=O)c1ccc([C@@H](C)NC(=O)c2cc3c(Cl)cc(C)cc3n2C)cc1. The Morgan fingerprint density at radius 1 is 1.15 bits per heavy atom. The van der Waals surface area contributed by atoms with Crippen LogP contribution in [-0.4, -0.2) is 35.2 Å². The van der Waals surface area contributed by atoms with Crippen molar-refractivity contribution in [3.8, 4) is 0 Å². The van der Waals surface area contributed by atoms with E-state index in [0.29, 0.717) is 22.7 Å². The monoisotopic (exact) mass is 490 g/mol. The van der Waals surface area contributed by atoms with Crippen LogP contribution in [0.2, 0.25) is 5.02 Å². The molecule has 33 heavy (non-hydrogen) atoms. The lowest BCUT2D eigenvalue weighted by Crippen LogP contribution is -2.30. The lowest BCUT2D eigenvalue weighted by atomic mass is 10.1. The fourth-order valence-electron chi connectivity index (χ4n) is 3.87. The Balaban J connectivity index is 1.81. The van der Waals surface area contributed by atoms with E-state index in [-0.39, 0.29) is 17.2 Å². The zero-order chi connectivity index (χ0) is 24.5. The van der Waals surface area contributed by atoms with Crippen molar-refractivity contribution < 1.29 is 23.1 Å². The molecule has 3 aromatic rings. The average molecular weight is 491 g/mol. The van der Waals surface area contributed by atoms with Crippen molar-refractivity contribution in [3.63, 3.8) is 0 Å². The molecular formula is C24H27ClN2O5S. The summed E-state index contributed by atoms with van der Waals surface area (Å²) in [6, 6.07) is 11.1. The summed E-state index contributed by atoms with van der Waals surface area (Å²) in [5.41, 5.74) is 2.99. The first kappa shape index (κ1) is 24.8. The maximum absolute atomic E-state index is 12.9. The van der Waals surface area contributed by atoms with Crippen LogP contribution in [-0.2, 0) is 21.7 Å². The Bertz CT molecular complexity index is 1310. The van der Waals surface area contributed by atoms with Crippen molar-refractivity contribution in [2.75, 3.05) is 0 Å². The molecule has 9 heteroatoms. The van der Waals surface area contributed by atoms with Crippen LogP contribution in [0.25, 0.3) is 10.9 Å². The van der Waals surface area contributed by atoms with Gasteiger partial charge in [-0.05, 0) is 61.7 Å². The van der Waals surface area contributed by atoms with Gasteiger partial charge in [-0.2, -0.15) is 0 Å². The Hall–Kier alpha value is -2.84. The first-order valence-electron chi connectivity index (χ1n) is 10.6. The number of rotatable bonds is 8. The average Bonchev–Trinajstić information content (AvgIpc) is 3.08. The summed E-state index contributed by atoms with van der Waals surface area (Å²) in [7, 11) is -2.20. The van der Waals surface area contributed by atoms with E-state index in [4.69, 9.17) is 11.6 Å². The van der Waals surface area contributed by atoms with E-state index in [1.54, 1.807) is 43.7 Å². The summed E-state index contributed by atoms with van der Waals surface area (Å²) in [4.78, 5) is 24.3. The normalized spacial score (nSPS) is 13.6. The third-order valence-corrected chi connectivity index (χ3v) is 8.17. The van der Waals surface area contributed by atoms with E-state index in [1.165, 1.54) is 12.1 Å². The number of hydrogen-bond acceptors (Lipinski definition) is 4. The molecule has 0 saturated carbocycles. The van der Waals surface area contributed by atoms with Gasteiger partial charge in [0.1, 0.15) is 5.69 Å². The summed E-state index contributed by atoms with van der Waals surface area (Å²) in [5.74, 6) is -1.65. The maximum atomic E-state index is 12.9. The molecule has 1 unspecified atom stereocenters. The van der Waals surface area contributed by atoms with Crippen molar-refractivity contribution >= 4 is 44.2 Å². The molecule has 0 bridgehead atoms. The summed E-state index contributed by atoms with van der Waals surface area (Å²) in [5, 5.41) is 12.1. The first-order valence-corrected chi connectivity index (χ1v) is 12.5. The lowest BCUT2D eigenvalue weighted by molar-refractivity contribution is -0.136. The highest BCUT2D eigenvalue weighted by molar-refractivity contribution is 7.92. The zero-order valence-electron chi connectivity index (χ0n) is 18.9. The number of amides is 1. The molecule has 2 N–H and O–H groups in total. The number of halogens is 1. The lowest BCUT2D eigenvalue weighted by Gasteiger charge is -2.16. The highest BCUT2D eigenvalue weighted by atomic mass is 35.5. The number of sulfone groups is 1. The first-order chi connectivity index (χ1) is 15.5. The molecule has 1 aromatic heterocycles. The van der Waals surface area contributed by atoms with Gasteiger partial charge in [-0.1, -0.05) is 37.1 Å². The molecule has 2 atom stereocenters. The van der Waals surface area contributed by atoms with Gasteiger partial charge in [0.2, 0.25) is 0 Å². The summed E-state index contributed by atoms with van der Waals surface area (Å²) in [6.45, 7) is 5.47. The molecule has 0 spiro atoms. The fraction of sp³-hybridized carbons (Fsp3) is 0.333. The standard InChI is InChI=1S/C24H27ClN2O5S/c1-5-6-22(24(29)30)33(31,32)17-9-7-16(8-10-17)15(3)26-23(28)21-13-18-19(25)11-14(2)12-20(18)27(21)4/h7-13,15,22H,5-6H2,1-4H3,(H,26,28)(H,29,30)/t15-,22?/m1/s1. The smallest absolute Gasteiger partial charge is 0.322 e. The van der Waals surface area contributed by atoms with Crippen LogP contribution in [0.3, 0.4) is 0 Å². The number of fused-ring (bicyclic) bond motifs is 1. The molecular weight excluding hydrogens is 464 g/mol. The van der Waals surface area contributed by atoms with Gasteiger partial charge in [-0.15, -0.1) is 0 Å². The van der Waals surface area contributed by atoms with Crippen molar-refractivity contribution in [2.45, 2.75) is 49.8 Å². The van der Waals surface area contributed by atoms with E-state index >= 15 is 0 Å². The molecule has 1 heterocycles. The number of carbonyl (C=O) groups is 2. The predicted octanol–water partition coefficient (Wildman–Crippen LogP) is 4.66. The third-order valence-electron chi connectivity index (χ3n) is 5.75. The third kappa shape index (κ3) is 4.91. The fourth-order valence-corrected chi connectivity index (χ4v) is 5.85. The maximum Gasteiger partial charge on any atom is 0.322 e. The molecule has 0 aliphatic heterocycles. The molecule has 7 nitrogen and oxygen atoms in total. The molecule has 3 rings (SSSR count). The zero-order valence-corrected chi connectivity index (χ0v) is 20.5. The van der Waals surface area contributed by atoms with Crippen LogP contribution in [0, 0.1) is 6.92 Å². The minimum Gasteiger partial charge on any atom is -0.480 e. The van der Waals surface area contributed by atoms with Gasteiger partial charge in [0.05, 0.1) is 21.5 Å². The van der Waals surface area contributed by atoms with Gasteiger partial charge in [0.15, 0.2) is 15.1 Å². The minimum absolute atomic E-state index is 0.0421. The highest BCUT2D eigenvalue weighted by Gasteiger charge is 2.33. The van der Waals surface area contributed by atoms with Gasteiger partial charge in [-0.25, -0.2) is 8.42 Å². The summed E-state index contributed by atoms with van der Waals surface area (Å²) < 4.78 is 27.2. The number of aryl methyl sites for hydroxylation is 2. The van der Waals surface area contributed by atoms with Crippen molar-refractivity contribution in [3.05, 3.63) is 64.3 Å². The van der Waals surface area contributed by atoms with Crippen molar-refractivity contribution in [1.29, 1.82) is 0 Å². The van der Waals surface area contributed by atoms with Crippen molar-refractivity contribution in [2.24, 2.45) is 7.05 Å². The Morgan fingerprint density at radius 3 is 2.36 bits per heavy atom. The van der Waals surface area contributed by atoms with Crippen molar-refractivity contribution in [1.82, 2.24) is 9.88 Å². The van der Waals surface area contributed by atoms with E-state index < -0.39 is 27.1 Å². The van der Waals surface area contributed by atoms with Crippen LogP contribution in [0.15, 0.2) is 47.4 Å². The molecule has 0 aliphatic rings. The number of nitrogens with one attached hydrogen (secondary N) is 1. The van der Waals surface area contributed by atoms with Gasteiger partial charge in [0, 0.05) is 12.4 Å². The number of nitrogens with zero attached hydrogens (tertiary/aromatic N) is 1. The van der Waals surface area contributed by atoms with Gasteiger partial charge in [0.25, 0.3) is 5.91 Å². The molecule has 0 radical (unpaired) electrons. The number of carbonyl (C=O) groups excluding carboxylic acids is 1. The van der Waals surface area contributed by atoms with Crippen LogP contribution < -0.4 is 5.32 Å². The number of carboxylic acid groups (broad SMARTS) is 1. The largest absolute Gasteiger partial charge is 0.480 e. The summed E-state index contributed by atoms with van der Waals surface area (Å²) >= 11 is 6.34. The van der Waals surface area contributed by atoms with Gasteiger partial charge < -0.3 is 15.0 Å². The number of aliphatic carboxylic acids is 1. The second-order valence-corrected chi connectivity index (χ2v) is 10.7. The Labute approximate surface area is 198 Å². The van der Waals surface area contributed by atoms with Crippen LogP contribution >= 0.6 is 11.6 Å². The van der Waals surface area contributed by atoms with Gasteiger partial charge in [-0.3, -0.25) is 9.59 Å².